The van der Waals surface area contributed by atoms with Crippen LogP contribution in [-0.2, 0) is 106 Å². The molecule has 9 heterocycles. The number of rotatable bonds is 22. The van der Waals surface area contributed by atoms with Crippen molar-refractivity contribution in [3.63, 3.8) is 0 Å². The number of ether oxygens (including phenoxy) is 9. The fraction of sp³-hybridized carbons (Fsp3) is 0.411. The largest absolute Gasteiger partial charge is 0.490 e. The van der Waals surface area contributed by atoms with Gasteiger partial charge in [0.1, 0.15) is 48.0 Å². The van der Waals surface area contributed by atoms with E-state index < -0.39 is 181 Å². The van der Waals surface area contributed by atoms with Gasteiger partial charge in [-0.15, -0.1) is 0 Å². The molecule has 698 valence electrons. The van der Waals surface area contributed by atoms with Gasteiger partial charge in [0, 0.05) is 102 Å². The zero-order chi connectivity index (χ0) is 93.4. The summed E-state index contributed by atoms with van der Waals surface area (Å²) in [5.74, 6) is -12.4. The van der Waals surface area contributed by atoms with Crippen molar-refractivity contribution in [3.05, 3.63) is 247 Å². The number of fused-ring (bicyclic) bond motifs is 12. The molecule has 4 fully saturated rings. The first-order valence-corrected chi connectivity index (χ1v) is 50.4. The molecule has 0 bridgehead atoms. The highest BCUT2D eigenvalue weighted by molar-refractivity contribution is 7.93. The molecular weight excluding hydrogens is 1900 g/mol. The molecule has 8 aromatic rings. The molecule has 130 heavy (non-hydrogen) atoms. The van der Waals surface area contributed by atoms with Crippen LogP contribution in [0.4, 0.5) is 35.1 Å². The Hall–Kier alpha value is -8.34. The van der Waals surface area contributed by atoms with E-state index in [4.69, 9.17) is 93.2 Å². The predicted molar refractivity (Wildman–Crippen MR) is 462 cm³/mol. The Morgan fingerprint density at radius 2 is 0.685 bits per heavy atom. The zero-order valence-corrected chi connectivity index (χ0v) is 76.8. The highest BCUT2D eigenvalue weighted by atomic mass is 35.5. The Morgan fingerprint density at radius 1 is 0.400 bits per heavy atom. The number of allylic oxidation sites excluding steroid dienone is 1. The van der Waals surface area contributed by atoms with Crippen LogP contribution in [0.1, 0.15) is 107 Å². The summed E-state index contributed by atoms with van der Waals surface area (Å²) in [4.78, 5) is 26.7. The van der Waals surface area contributed by atoms with Gasteiger partial charge in [-0.1, -0.05) is 52.5 Å². The van der Waals surface area contributed by atoms with E-state index in [0.717, 1.165) is 54.2 Å². The molecule has 8 aromatic carbocycles. The van der Waals surface area contributed by atoms with Crippen LogP contribution in [0.2, 0.25) is 20.1 Å². The number of nitrogens with zero attached hydrogens (tertiary/aromatic N) is 1. The number of benzene rings is 8. The average molecular weight is 1990 g/mol. The summed E-state index contributed by atoms with van der Waals surface area (Å²) in [7, 11) is -20.7. The first-order valence-electron chi connectivity index (χ1n) is 41.4. The van der Waals surface area contributed by atoms with Gasteiger partial charge in [-0.3, -0.25) is 14.0 Å². The zero-order valence-electron chi connectivity index (χ0n) is 69.7. The van der Waals surface area contributed by atoms with Gasteiger partial charge in [-0.25, -0.2) is 68.8 Å². The van der Waals surface area contributed by atoms with Gasteiger partial charge in [-0.05, 0) is 210 Å². The summed E-state index contributed by atoms with van der Waals surface area (Å²) >= 11 is 23.8. The normalized spacial score (nSPS) is 25.3. The van der Waals surface area contributed by atoms with Crippen LogP contribution in [-0.4, -0.2) is 162 Å². The van der Waals surface area contributed by atoms with Gasteiger partial charge < -0.3 is 47.4 Å². The van der Waals surface area contributed by atoms with Gasteiger partial charge in [0.25, 0.3) is 10.1 Å². The summed E-state index contributed by atoms with van der Waals surface area (Å²) in [5.41, 5.74) is -0.483. The van der Waals surface area contributed by atoms with E-state index in [-0.39, 0.29) is 169 Å². The molecule has 0 N–H and O–H groups in total. The van der Waals surface area contributed by atoms with Crippen LogP contribution >= 0.6 is 46.4 Å². The van der Waals surface area contributed by atoms with E-state index in [1.807, 2.05) is 12.2 Å². The Morgan fingerprint density at radius 3 is 0.969 bits per heavy atom. The molecule has 9 aliphatic rings. The molecule has 0 unspecified atom stereocenters. The summed E-state index contributed by atoms with van der Waals surface area (Å²) in [6.07, 6.45) is 2.44. The van der Waals surface area contributed by atoms with E-state index in [9.17, 15) is 69.2 Å². The lowest BCUT2D eigenvalue weighted by molar-refractivity contribution is -0.143. The molecule has 0 spiro atoms. The monoisotopic (exact) mass is 1990 g/mol. The number of hydrogen-bond donors (Lipinski definition) is 0. The molecule has 0 radical (unpaired) electrons. The standard InChI is InChI=1S/C23H20ClF2NO4S.C23H23ClF2O5S.C22H23ClF2O7S2.C22H21ClF2O6S/c24-14-3-5-16(6-4-14)32(28,29)23-9-11-30-20(12-15-2-1-10-27-15)17(23)13-31-22-19(26)8-7-18(25)21(22)23;1-14(27)3-2-4-20-17-13-31-22-19(26)10-9-18(25)21(22)23(17,11-12-30-20)32(28,29)16-7-5-15(24)6-8-16;1-2-33(26,27)32-11-9-19-16-13-31-21-18(25)8-7-17(24)20(21)22(16,10-12-30-19)34(28,29)15-5-3-14(23)4-6-15;1-13(26)29-10-8-19-16-12-31-21-18(25)7-6-17(24)20(21)22(16,9-11-30-19)32(27,28)15-4-2-14(23)3-5-15/h1-8,17,20H,9-13H2;5-10,17,20H,2-4,11-13H2,1H3;3-8,16,19H,2,9-13H2,1H3;2-7,16,19H,8-12H2,1H3/t2*17-,20-,23-;2*16-,19-,22-/m0000/s1. The van der Waals surface area contributed by atoms with Crippen LogP contribution in [0.3, 0.4) is 0 Å². The first-order chi connectivity index (χ1) is 61.7. The second-order valence-electron chi connectivity index (χ2n) is 32.2. The summed E-state index contributed by atoms with van der Waals surface area (Å²) in [6.45, 7) is 3.74. The maximum Gasteiger partial charge on any atom is 0.302 e. The molecule has 4 saturated heterocycles. The third-order valence-electron chi connectivity index (χ3n) is 25.2. The minimum absolute atomic E-state index is 0.00787. The van der Waals surface area contributed by atoms with E-state index in [2.05, 4.69) is 4.99 Å². The highest BCUT2D eigenvalue weighted by Crippen LogP contribution is 2.62. The minimum Gasteiger partial charge on any atom is -0.490 e. The van der Waals surface area contributed by atoms with E-state index in [1.165, 1.54) is 118 Å². The third kappa shape index (κ3) is 18.2. The van der Waals surface area contributed by atoms with Crippen molar-refractivity contribution in [1.82, 2.24) is 0 Å². The Labute approximate surface area is 766 Å². The van der Waals surface area contributed by atoms with Crippen LogP contribution in [0, 0.1) is 70.2 Å². The molecule has 0 saturated carbocycles. The Balaban J connectivity index is 0.000000140. The molecule has 23 nitrogen and oxygen atoms in total. The van der Waals surface area contributed by atoms with Crippen molar-refractivity contribution in [3.8, 4) is 23.0 Å². The fourth-order valence-corrected chi connectivity index (χ4v) is 29.6. The predicted octanol–water partition coefficient (Wildman–Crippen LogP) is 17.2. The number of Topliss-reactive ketones (excluding diaryl/α,β-unsaturated/α-hetero) is 1. The summed E-state index contributed by atoms with van der Waals surface area (Å²) < 4.78 is 305. The van der Waals surface area contributed by atoms with E-state index >= 15 is 17.6 Å². The number of hydrogen-bond acceptors (Lipinski definition) is 23. The van der Waals surface area contributed by atoms with Crippen LogP contribution in [0.15, 0.2) is 182 Å². The SMILES string of the molecule is CC(=O)CCC[C@@H]1OCC[C@@]2(S(=O)(=O)c3ccc(Cl)cc3)c3c(F)ccc(F)c3OC[C@@H]12.CC(=O)OCC[C@@H]1OCC[C@@]2(S(=O)(=O)c3ccc(Cl)cc3)c3c(F)ccc(F)c3OC[C@@H]12.CCS(=O)(=O)OCC[C@@H]1OCC[C@@]2(S(=O)(=O)c3ccc(Cl)cc3)c3c(F)ccc(F)c3OC[C@@H]12.O=S(=O)(c1ccc(Cl)cc1)[C@@]12CCO[C@@H](CC3=NCC=C3)[C@@H]1COc1c(F)ccc(F)c12. The minimum atomic E-state index is -4.33. The van der Waals surface area contributed by atoms with Gasteiger partial charge >= 0.3 is 5.97 Å². The van der Waals surface area contributed by atoms with Gasteiger partial charge in [0.15, 0.2) is 85.6 Å². The maximum atomic E-state index is 15.3. The number of aliphatic imine (C=N–C) groups is 1. The van der Waals surface area contributed by atoms with Crippen molar-refractivity contribution < 1.29 is 134 Å². The number of ketones is 1. The average Bonchev–Trinajstić information content (AvgIpc) is 0.776. The molecule has 9 aliphatic heterocycles. The smallest absolute Gasteiger partial charge is 0.302 e. The van der Waals surface area contributed by atoms with Crippen molar-refractivity contribution in [2.75, 3.05) is 78.4 Å². The maximum absolute atomic E-state index is 15.3. The number of halogens is 12. The van der Waals surface area contributed by atoms with E-state index in [0.29, 0.717) is 52.3 Å². The molecule has 0 amide bonds. The van der Waals surface area contributed by atoms with Crippen molar-refractivity contribution >= 4 is 113 Å². The third-order valence-corrected chi connectivity index (χ3v) is 37.7. The Kier molecular flexibility index (Phi) is 29.5. The number of esters is 1. The van der Waals surface area contributed by atoms with Crippen LogP contribution < -0.4 is 18.9 Å². The molecule has 0 aromatic heterocycles. The lowest BCUT2D eigenvalue weighted by Gasteiger charge is -2.50. The van der Waals surface area contributed by atoms with Crippen LogP contribution in [0.25, 0.3) is 0 Å². The Bertz CT molecular complexity index is 6120. The first kappa shape index (κ1) is 97.7. The topological polar surface area (TPSA) is 310 Å². The lowest BCUT2D eigenvalue weighted by atomic mass is 9.74. The molecular formula is C90H87Cl4F8NO22S5. The second kappa shape index (κ2) is 39.3. The van der Waals surface area contributed by atoms with Crippen molar-refractivity contribution in [2.24, 2.45) is 28.7 Å². The molecule has 12 atom stereocenters. The molecule has 17 rings (SSSR count). The number of carbonyl (C=O) groups excluding carboxylic acids is 2. The van der Waals surface area contributed by atoms with E-state index in [1.54, 1.807) is 0 Å². The van der Waals surface area contributed by atoms with Crippen molar-refractivity contribution in [2.45, 2.75) is 148 Å². The van der Waals surface area contributed by atoms with Gasteiger partial charge in [0.2, 0.25) is 0 Å². The summed E-state index contributed by atoms with van der Waals surface area (Å²) in [5, 5.41) is 1.39. The lowest BCUT2D eigenvalue weighted by Crippen LogP contribution is -2.57. The second-order valence-corrected chi connectivity index (χ2v) is 44.7. The fourth-order valence-electron chi connectivity index (χ4n) is 19.3. The summed E-state index contributed by atoms with van der Waals surface area (Å²) in [6, 6.07) is 29.7. The number of sulfone groups is 4. The quantitative estimate of drug-likeness (QED) is 0.0346. The van der Waals surface area contributed by atoms with Gasteiger partial charge in [-0.2, -0.15) is 8.42 Å². The molecule has 40 heteroatoms. The number of carbonyl (C=O) groups is 2. The van der Waals surface area contributed by atoms with Crippen molar-refractivity contribution in [1.29, 1.82) is 0 Å². The molecule has 0 aliphatic carbocycles. The van der Waals surface area contributed by atoms with Gasteiger partial charge in [0.05, 0.1) is 118 Å². The highest BCUT2D eigenvalue weighted by Gasteiger charge is 2.66. The van der Waals surface area contributed by atoms with Crippen LogP contribution in [0.5, 0.6) is 23.0 Å².